The molecule has 0 spiro atoms. The molecular formula is C23H27N3O4. The number of fused-ring (bicyclic) bond motifs is 1. The van der Waals surface area contributed by atoms with Crippen LogP contribution in [0.2, 0.25) is 0 Å². The van der Waals surface area contributed by atoms with E-state index in [4.69, 9.17) is 4.74 Å². The van der Waals surface area contributed by atoms with Crippen LogP contribution in [-0.4, -0.2) is 28.1 Å². The van der Waals surface area contributed by atoms with Crippen molar-refractivity contribution in [1.29, 1.82) is 0 Å². The molecule has 30 heavy (non-hydrogen) atoms. The van der Waals surface area contributed by atoms with E-state index in [0.717, 1.165) is 22.4 Å². The Labute approximate surface area is 175 Å². The summed E-state index contributed by atoms with van der Waals surface area (Å²) in [6.07, 6.45) is -0.497. The van der Waals surface area contributed by atoms with Gasteiger partial charge in [0.05, 0.1) is 16.3 Å². The Hall–Kier alpha value is -3.35. The first-order valence-electron chi connectivity index (χ1n) is 9.89. The lowest BCUT2D eigenvalue weighted by molar-refractivity contribution is -0.384. The maximum Gasteiger partial charge on any atom is 0.414 e. The third kappa shape index (κ3) is 4.30. The highest BCUT2D eigenvalue weighted by Gasteiger charge is 2.28. The van der Waals surface area contributed by atoms with E-state index >= 15 is 0 Å². The molecule has 1 N–H and O–H groups in total. The summed E-state index contributed by atoms with van der Waals surface area (Å²) in [6, 6.07) is 10.8. The molecule has 1 heterocycles. The molecule has 0 atom stereocenters. The molecule has 0 saturated heterocycles. The maximum absolute atomic E-state index is 13.0. The van der Waals surface area contributed by atoms with Crippen LogP contribution in [-0.2, 0) is 4.74 Å². The molecule has 3 aromatic rings. The van der Waals surface area contributed by atoms with Gasteiger partial charge in [-0.2, -0.15) is 0 Å². The molecular weight excluding hydrogens is 382 g/mol. The molecule has 1 amide bonds. The minimum absolute atomic E-state index is 0.0324. The third-order valence-electron chi connectivity index (χ3n) is 4.68. The number of rotatable bonds is 4. The van der Waals surface area contributed by atoms with Crippen LogP contribution in [0.5, 0.6) is 0 Å². The summed E-state index contributed by atoms with van der Waals surface area (Å²) in [4.78, 5) is 28.9. The number of H-pyrrole nitrogens is 1. The van der Waals surface area contributed by atoms with E-state index in [9.17, 15) is 14.9 Å². The van der Waals surface area contributed by atoms with Crippen molar-refractivity contribution in [2.24, 2.45) is 0 Å². The second-order valence-corrected chi connectivity index (χ2v) is 8.44. The molecule has 0 aliphatic rings. The van der Waals surface area contributed by atoms with Gasteiger partial charge in [-0.15, -0.1) is 0 Å². The second-order valence-electron chi connectivity index (χ2n) is 8.44. The fourth-order valence-electron chi connectivity index (χ4n) is 3.58. The van der Waals surface area contributed by atoms with Crippen LogP contribution in [0.1, 0.15) is 38.8 Å². The van der Waals surface area contributed by atoms with Crippen LogP contribution in [0.4, 0.5) is 16.2 Å². The zero-order valence-corrected chi connectivity index (χ0v) is 18.2. The largest absolute Gasteiger partial charge is 0.443 e. The topological polar surface area (TPSA) is 88.5 Å². The first-order valence-corrected chi connectivity index (χ1v) is 9.89. The van der Waals surface area contributed by atoms with E-state index < -0.39 is 16.6 Å². The van der Waals surface area contributed by atoms with Crippen LogP contribution in [0, 0.1) is 24.0 Å². The minimum Gasteiger partial charge on any atom is -0.443 e. The number of nitro benzene ring substituents is 1. The van der Waals surface area contributed by atoms with E-state index in [2.05, 4.69) is 11.1 Å². The predicted molar refractivity (Wildman–Crippen MR) is 119 cm³/mol. The molecule has 0 bridgehead atoms. The van der Waals surface area contributed by atoms with Crippen molar-refractivity contribution in [3.8, 4) is 11.3 Å². The van der Waals surface area contributed by atoms with Crippen LogP contribution in [0.3, 0.4) is 0 Å². The number of aryl methyl sites for hydroxylation is 2. The van der Waals surface area contributed by atoms with Crippen molar-refractivity contribution in [3.05, 3.63) is 57.6 Å². The molecule has 1 aromatic heterocycles. The molecule has 0 unspecified atom stereocenters. The lowest BCUT2D eigenvalue weighted by atomic mass is 10.0. The number of anilines is 1. The van der Waals surface area contributed by atoms with Crippen molar-refractivity contribution in [3.63, 3.8) is 0 Å². The van der Waals surface area contributed by atoms with Crippen molar-refractivity contribution < 1.29 is 14.5 Å². The number of nitrogens with one attached hydrogen (secondary N) is 1. The van der Waals surface area contributed by atoms with Gasteiger partial charge in [0, 0.05) is 35.1 Å². The summed E-state index contributed by atoms with van der Waals surface area (Å²) in [6.45, 7) is 11.6. The summed E-state index contributed by atoms with van der Waals surface area (Å²) < 4.78 is 5.62. The Morgan fingerprint density at radius 3 is 2.30 bits per heavy atom. The van der Waals surface area contributed by atoms with Gasteiger partial charge in [0.1, 0.15) is 5.60 Å². The summed E-state index contributed by atoms with van der Waals surface area (Å²) in [5, 5.41) is 12.0. The van der Waals surface area contributed by atoms with Crippen LogP contribution in [0.15, 0.2) is 36.4 Å². The van der Waals surface area contributed by atoms with E-state index in [1.54, 1.807) is 6.07 Å². The number of carbonyl (C=O) groups is 1. The number of benzene rings is 2. The monoisotopic (exact) mass is 409 g/mol. The van der Waals surface area contributed by atoms with Gasteiger partial charge in [0.25, 0.3) is 5.69 Å². The molecule has 158 valence electrons. The molecule has 3 rings (SSSR count). The van der Waals surface area contributed by atoms with E-state index in [1.165, 1.54) is 17.0 Å². The predicted octanol–water partition coefficient (Wildman–Crippen LogP) is 6.12. The lowest BCUT2D eigenvalue weighted by Crippen LogP contribution is -2.37. The number of carbonyl (C=O) groups excluding carboxylic acids is 1. The summed E-state index contributed by atoms with van der Waals surface area (Å²) in [5.74, 6) is 0. The van der Waals surface area contributed by atoms with Gasteiger partial charge in [0.2, 0.25) is 0 Å². The molecule has 0 fully saturated rings. The molecule has 2 aromatic carbocycles. The molecule has 7 nitrogen and oxygen atoms in total. The highest BCUT2D eigenvalue weighted by molar-refractivity contribution is 6.08. The summed E-state index contributed by atoms with van der Waals surface area (Å²) in [7, 11) is 0. The normalized spacial score (nSPS) is 11.5. The van der Waals surface area contributed by atoms with Gasteiger partial charge in [-0.05, 0) is 59.7 Å². The Morgan fingerprint density at radius 2 is 1.77 bits per heavy atom. The van der Waals surface area contributed by atoms with Gasteiger partial charge in [-0.1, -0.05) is 17.2 Å². The Kier molecular flexibility index (Phi) is 5.57. The standard InChI is InChI=1S/C23H27N3O4/c1-7-25(22(27)30-23(4,5)6)21-18-13-17(26(28)29)8-9-19(18)24-20(21)16-11-14(2)10-15(3)12-16/h8-13,24H,7H2,1-6H3. The van der Waals surface area contributed by atoms with Crippen molar-refractivity contribution in [1.82, 2.24) is 4.98 Å². The quantitative estimate of drug-likeness (QED) is 0.415. The van der Waals surface area contributed by atoms with Crippen LogP contribution < -0.4 is 4.90 Å². The number of nitro groups is 1. The number of amides is 1. The first-order chi connectivity index (χ1) is 14.0. The summed E-state index contributed by atoms with van der Waals surface area (Å²) >= 11 is 0. The number of ether oxygens (including phenoxy) is 1. The fourth-order valence-corrected chi connectivity index (χ4v) is 3.58. The molecule has 0 radical (unpaired) electrons. The molecule has 0 saturated carbocycles. The smallest absolute Gasteiger partial charge is 0.414 e. The third-order valence-corrected chi connectivity index (χ3v) is 4.68. The van der Waals surface area contributed by atoms with Gasteiger partial charge in [-0.25, -0.2) is 4.79 Å². The zero-order valence-electron chi connectivity index (χ0n) is 18.2. The fraction of sp³-hybridized carbons (Fsp3) is 0.348. The summed E-state index contributed by atoms with van der Waals surface area (Å²) in [5.41, 5.74) is 4.40. The Bertz CT molecular complexity index is 1110. The van der Waals surface area contributed by atoms with E-state index in [-0.39, 0.29) is 5.69 Å². The molecule has 0 aliphatic heterocycles. The number of aromatic nitrogens is 1. The maximum atomic E-state index is 13.0. The number of non-ortho nitro benzene ring substituents is 1. The highest BCUT2D eigenvalue weighted by Crippen LogP contribution is 2.40. The van der Waals surface area contributed by atoms with Gasteiger partial charge >= 0.3 is 6.09 Å². The average Bonchev–Trinajstić information content (AvgIpc) is 2.98. The van der Waals surface area contributed by atoms with E-state index in [0.29, 0.717) is 23.1 Å². The van der Waals surface area contributed by atoms with Gasteiger partial charge in [-0.3, -0.25) is 15.0 Å². The lowest BCUT2D eigenvalue weighted by Gasteiger charge is -2.27. The zero-order chi connectivity index (χ0) is 22.2. The van der Waals surface area contributed by atoms with Crippen LogP contribution >= 0.6 is 0 Å². The van der Waals surface area contributed by atoms with Crippen molar-refractivity contribution in [2.75, 3.05) is 11.4 Å². The van der Waals surface area contributed by atoms with Crippen LogP contribution in [0.25, 0.3) is 22.2 Å². The Morgan fingerprint density at radius 1 is 1.13 bits per heavy atom. The van der Waals surface area contributed by atoms with Gasteiger partial charge in [0.15, 0.2) is 0 Å². The highest BCUT2D eigenvalue weighted by atomic mass is 16.6. The number of hydrogen-bond acceptors (Lipinski definition) is 4. The Balaban J connectivity index is 2.30. The number of nitrogens with zero attached hydrogens (tertiary/aromatic N) is 2. The molecule has 0 aliphatic carbocycles. The number of aromatic amines is 1. The number of hydrogen-bond donors (Lipinski definition) is 1. The van der Waals surface area contributed by atoms with Gasteiger partial charge < -0.3 is 9.72 Å². The average molecular weight is 409 g/mol. The molecule has 7 heteroatoms. The van der Waals surface area contributed by atoms with Crippen molar-refractivity contribution >= 4 is 28.4 Å². The second kappa shape index (κ2) is 7.82. The van der Waals surface area contributed by atoms with E-state index in [1.807, 2.05) is 53.7 Å². The van der Waals surface area contributed by atoms with Crippen molar-refractivity contribution in [2.45, 2.75) is 47.1 Å². The first kappa shape index (κ1) is 21.4. The minimum atomic E-state index is -0.664. The SMILES string of the molecule is CCN(C(=O)OC(C)(C)C)c1c(-c2cc(C)cc(C)c2)[nH]c2ccc([N+](=O)[O-])cc12.